The smallest absolute Gasteiger partial charge is 0.398 e. The highest BCUT2D eigenvalue weighted by atomic mass is 19.4. The molecular weight excluding hydrogens is 261 g/mol. The summed E-state index contributed by atoms with van der Waals surface area (Å²) in [6.45, 7) is 1.68. The highest BCUT2D eigenvalue weighted by Gasteiger charge is 2.31. The summed E-state index contributed by atoms with van der Waals surface area (Å²) in [5, 5.41) is 0. The van der Waals surface area contributed by atoms with Gasteiger partial charge in [-0.2, -0.15) is 13.2 Å². The van der Waals surface area contributed by atoms with Crippen molar-refractivity contribution in [2.75, 3.05) is 32.0 Å². The number of morpholine rings is 1. The van der Waals surface area contributed by atoms with Crippen molar-refractivity contribution in [3.63, 3.8) is 0 Å². The van der Waals surface area contributed by atoms with E-state index >= 15 is 0 Å². The standard InChI is InChI=1S/C12H13F3N2O2/c13-12(14,15)8-1-2-9(10(16)7-8)11(18)17-3-5-19-6-4-17/h1-2,7H,3-6,16H2. The summed E-state index contributed by atoms with van der Waals surface area (Å²) >= 11 is 0. The molecule has 0 aliphatic carbocycles. The first-order valence-corrected chi connectivity index (χ1v) is 5.73. The van der Waals surface area contributed by atoms with Gasteiger partial charge in [0.25, 0.3) is 5.91 Å². The predicted octanol–water partition coefficient (Wildman–Crippen LogP) is 1.76. The molecule has 0 saturated carbocycles. The third-order valence-corrected chi connectivity index (χ3v) is 2.91. The Kier molecular flexibility index (Phi) is 3.66. The molecule has 19 heavy (non-hydrogen) atoms. The fourth-order valence-electron chi connectivity index (χ4n) is 1.87. The number of rotatable bonds is 1. The molecular formula is C12H13F3N2O2. The molecule has 4 nitrogen and oxygen atoms in total. The Labute approximate surface area is 107 Å². The molecule has 1 aromatic rings. The maximum Gasteiger partial charge on any atom is 0.416 e. The van der Waals surface area contributed by atoms with Crippen molar-refractivity contribution in [1.82, 2.24) is 4.90 Å². The minimum atomic E-state index is -4.46. The van der Waals surface area contributed by atoms with E-state index in [4.69, 9.17) is 10.5 Å². The monoisotopic (exact) mass is 274 g/mol. The van der Waals surface area contributed by atoms with Gasteiger partial charge in [0.05, 0.1) is 24.3 Å². The second-order valence-corrected chi connectivity index (χ2v) is 4.20. The van der Waals surface area contributed by atoms with Crippen LogP contribution < -0.4 is 5.73 Å². The lowest BCUT2D eigenvalue weighted by Crippen LogP contribution is -2.40. The number of benzene rings is 1. The Morgan fingerprint density at radius 2 is 1.89 bits per heavy atom. The van der Waals surface area contributed by atoms with Gasteiger partial charge in [-0.1, -0.05) is 0 Å². The van der Waals surface area contributed by atoms with Gasteiger partial charge in [-0.25, -0.2) is 0 Å². The first kappa shape index (κ1) is 13.7. The number of alkyl halides is 3. The van der Waals surface area contributed by atoms with Crippen molar-refractivity contribution in [3.8, 4) is 0 Å². The van der Waals surface area contributed by atoms with E-state index in [2.05, 4.69) is 0 Å². The fourth-order valence-corrected chi connectivity index (χ4v) is 1.87. The SMILES string of the molecule is Nc1cc(C(F)(F)F)ccc1C(=O)N1CCOCC1. The van der Waals surface area contributed by atoms with Crippen LogP contribution in [0.4, 0.5) is 18.9 Å². The van der Waals surface area contributed by atoms with Crippen LogP contribution in [0.25, 0.3) is 0 Å². The number of nitrogen functional groups attached to an aromatic ring is 1. The molecule has 1 aromatic carbocycles. The second kappa shape index (κ2) is 5.08. The number of carbonyl (C=O) groups excluding carboxylic acids is 1. The number of nitrogens with two attached hydrogens (primary N) is 1. The molecule has 0 bridgehead atoms. The molecule has 0 radical (unpaired) electrons. The lowest BCUT2D eigenvalue weighted by atomic mass is 10.1. The van der Waals surface area contributed by atoms with Gasteiger partial charge >= 0.3 is 6.18 Å². The Hall–Kier alpha value is -1.76. The molecule has 0 unspecified atom stereocenters. The van der Waals surface area contributed by atoms with E-state index in [9.17, 15) is 18.0 Å². The summed E-state index contributed by atoms with van der Waals surface area (Å²) < 4.78 is 42.6. The van der Waals surface area contributed by atoms with Crippen LogP contribution in [-0.2, 0) is 10.9 Å². The molecule has 1 aliphatic heterocycles. The number of nitrogens with zero attached hydrogens (tertiary/aromatic N) is 1. The van der Waals surface area contributed by atoms with Gasteiger partial charge in [-0.3, -0.25) is 4.79 Å². The zero-order chi connectivity index (χ0) is 14.0. The largest absolute Gasteiger partial charge is 0.416 e. The number of ether oxygens (including phenoxy) is 1. The average Bonchev–Trinajstić information content (AvgIpc) is 2.38. The third-order valence-electron chi connectivity index (χ3n) is 2.91. The van der Waals surface area contributed by atoms with Crippen LogP contribution in [0.5, 0.6) is 0 Å². The lowest BCUT2D eigenvalue weighted by molar-refractivity contribution is -0.137. The molecule has 1 saturated heterocycles. The van der Waals surface area contributed by atoms with Crippen molar-refractivity contribution in [2.24, 2.45) is 0 Å². The molecule has 0 spiro atoms. The molecule has 1 fully saturated rings. The Morgan fingerprint density at radius 1 is 1.26 bits per heavy atom. The minimum Gasteiger partial charge on any atom is -0.398 e. The van der Waals surface area contributed by atoms with Crippen LogP contribution in [0.3, 0.4) is 0 Å². The summed E-state index contributed by atoms with van der Waals surface area (Å²) in [5.74, 6) is -0.366. The van der Waals surface area contributed by atoms with Crippen molar-refractivity contribution >= 4 is 11.6 Å². The van der Waals surface area contributed by atoms with Crippen LogP contribution in [-0.4, -0.2) is 37.1 Å². The third kappa shape index (κ3) is 2.98. The van der Waals surface area contributed by atoms with Crippen LogP contribution in [0.1, 0.15) is 15.9 Å². The molecule has 7 heteroatoms. The maximum atomic E-state index is 12.5. The molecule has 0 aromatic heterocycles. The highest BCUT2D eigenvalue weighted by Crippen LogP contribution is 2.31. The minimum absolute atomic E-state index is 0.0925. The van der Waals surface area contributed by atoms with Gasteiger partial charge in [-0.05, 0) is 18.2 Å². The van der Waals surface area contributed by atoms with Crippen molar-refractivity contribution < 1.29 is 22.7 Å². The zero-order valence-corrected chi connectivity index (χ0v) is 10.0. The number of hydrogen-bond acceptors (Lipinski definition) is 3. The van der Waals surface area contributed by atoms with Gasteiger partial charge in [0.2, 0.25) is 0 Å². The van der Waals surface area contributed by atoms with E-state index in [0.29, 0.717) is 26.3 Å². The molecule has 2 rings (SSSR count). The van der Waals surface area contributed by atoms with Crippen LogP contribution >= 0.6 is 0 Å². The van der Waals surface area contributed by atoms with E-state index in [1.54, 1.807) is 0 Å². The van der Waals surface area contributed by atoms with E-state index in [1.165, 1.54) is 4.90 Å². The van der Waals surface area contributed by atoms with Gasteiger partial charge < -0.3 is 15.4 Å². The van der Waals surface area contributed by atoms with Gasteiger partial charge in [0.1, 0.15) is 0 Å². The zero-order valence-electron chi connectivity index (χ0n) is 10.0. The number of carbonyl (C=O) groups is 1. The topological polar surface area (TPSA) is 55.6 Å². The van der Waals surface area contributed by atoms with Crippen LogP contribution in [0, 0.1) is 0 Å². The Bertz CT molecular complexity index is 482. The van der Waals surface area contributed by atoms with E-state index in [0.717, 1.165) is 18.2 Å². The number of anilines is 1. The summed E-state index contributed by atoms with van der Waals surface area (Å²) in [6, 6.07) is 2.77. The normalized spacial score (nSPS) is 16.5. The van der Waals surface area contributed by atoms with Crippen LogP contribution in [0.2, 0.25) is 0 Å². The van der Waals surface area contributed by atoms with Gasteiger partial charge in [-0.15, -0.1) is 0 Å². The summed E-state index contributed by atoms with van der Waals surface area (Å²) in [7, 11) is 0. The lowest BCUT2D eigenvalue weighted by Gasteiger charge is -2.27. The number of hydrogen-bond donors (Lipinski definition) is 1. The highest BCUT2D eigenvalue weighted by molar-refractivity contribution is 5.99. The molecule has 1 aliphatic rings. The summed E-state index contributed by atoms with van der Waals surface area (Å²) in [6.07, 6.45) is -4.46. The van der Waals surface area contributed by atoms with Gasteiger partial charge in [0, 0.05) is 18.8 Å². The number of amides is 1. The Balaban J connectivity index is 2.23. The average molecular weight is 274 g/mol. The molecule has 2 N–H and O–H groups in total. The molecule has 1 heterocycles. The first-order chi connectivity index (χ1) is 8.89. The summed E-state index contributed by atoms with van der Waals surface area (Å²) in [4.78, 5) is 13.6. The predicted molar refractivity (Wildman–Crippen MR) is 62.6 cm³/mol. The number of halogens is 3. The quantitative estimate of drug-likeness (QED) is 0.794. The molecule has 104 valence electrons. The second-order valence-electron chi connectivity index (χ2n) is 4.20. The fraction of sp³-hybridized carbons (Fsp3) is 0.417. The van der Waals surface area contributed by atoms with Crippen molar-refractivity contribution in [3.05, 3.63) is 29.3 Å². The maximum absolute atomic E-state index is 12.5. The van der Waals surface area contributed by atoms with Gasteiger partial charge in [0.15, 0.2) is 0 Å². The van der Waals surface area contributed by atoms with E-state index in [-0.39, 0.29) is 17.2 Å². The van der Waals surface area contributed by atoms with Crippen molar-refractivity contribution in [2.45, 2.75) is 6.18 Å². The van der Waals surface area contributed by atoms with E-state index < -0.39 is 11.7 Å². The van der Waals surface area contributed by atoms with Crippen molar-refractivity contribution in [1.29, 1.82) is 0 Å². The van der Waals surface area contributed by atoms with Crippen LogP contribution in [0.15, 0.2) is 18.2 Å². The molecule has 0 atom stereocenters. The Morgan fingerprint density at radius 3 is 2.42 bits per heavy atom. The van der Waals surface area contributed by atoms with E-state index in [1.807, 2.05) is 0 Å². The molecule has 1 amide bonds. The summed E-state index contributed by atoms with van der Waals surface area (Å²) in [5.41, 5.74) is 4.62. The first-order valence-electron chi connectivity index (χ1n) is 5.73.